The summed E-state index contributed by atoms with van der Waals surface area (Å²) in [6.45, 7) is 0.455. The largest absolute Gasteiger partial charge is 0.486 e. The van der Waals surface area contributed by atoms with Crippen LogP contribution >= 0.6 is 43.6 Å². The van der Waals surface area contributed by atoms with Gasteiger partial charge in [0.05, 0.1) is 43.3 Å². The molecule has 0 radical (unpaired) electrons. The molecule has 1 N–H and O–H groups in total. The number of amidine groups is 1. The summed E-state index contributed by atoms with van der Waals surface area (Å²) in [5.41, 5.74) is 3.77. The first-order valence-corrected chi connectivity index (χ1v) is 15.0. The third-order valence-corrected chi connectivity index (χ3v) is 8.42. The van der Waals surface area contributed by atoms with Crippen LogP contribution in [0, 0.1) is 11.3 Å². The summed E-state index contributed by atoms with van der Waals surface area (Å²) in [4.78, 5) is 31.7. The maximum atomic E-state index is 13.6. The summed E-state index contributed by atoms with van der Waals surface area (Å²) in [6.07, 6.45) is 1.80. The number of para-hydroxylation sites is 1. The van der Waals surface area contributed by atoms with Crippen LogP contribution in [-0.4, -0.2) is 27.1 Å². The van der Waals surface area contributed by atoms with E-state index in [4.69, 9.17) is 9.73 Å². The molecular weight excluding hydrogens is 682 g/mol. The first-order valence-electron chi connectivity index (χ1n) is 12.6. The molecule has 7 nitrogen and oxygen atoms in total. The highest BCUT2D eigenvalue weighted by atomic mass is 79.9. The average Bonchev–Trinajstić information content (AvgIpc) is 3.26. The van der Waals surface area contributed by atoms with Crippen LogP contribution in [0.3, 0.4) is 0 Å². The van der Waals surface area contributed by atoms with E-state index in [9.17, 15) is 20.0 Å². The van der Waals surface area contributed by atoms with Crippen molar-refractivity contribution >= 4 is 72.4 Å². The SMILES string of the molecule is N#Cc1ccccc1COc1c(Br)cc(/C=C2\SC(=Nc3ccccc3)N(Cc3ccc(C(=O)O)cc3)C2=O)cc1Br. The minimum Gasteiger partial charge on any atom is -0.486 e. The number of amides is 1. The molecule has 1 saturated heterocycles. The van der Waals surface area contributed by atoms with Gasteiger partial charge in [0.15, 0.2) is 5.17 Å². The predicted octanol–water partition coefficient (Wildman–Crippen LogP) is 8.16. The van der Waals surface area contributed by atoms with Gasteiger partial charge >= 0.3 is 5.97 Å². The summed E-state index contributed by atoms with van der Waals surface area (Å²) in [5.74, 6) is -0.641. The summed E-state index contributed by atoms with van der Waals surface area (Å²) in [7, 11) is 0. The van der Waals surface area contributed by atoms with Crippen LogP contribution in [0.15, 0.2) is 110 Å². The number of ether oxygens (including phenoxy) is 1. The van der Waals surface area contributed by atoms with Crippen molar-refractivity contribution in [1.82, 2.24) is 4.90 Å². The molecule has 0 aromatic heterocycles. The van der Waals surface area contributed by atoms with Crippen LogP contribution in [-0.2, 0) is 17.9 Å². The molecule has 208 valence electrons. The third-order valence-electron chi connectivity index (χ3n) is 6.24. The second-order valence-corrected chi connectivity index (χ2v) is 11.8. The molecule has 1 aliphatic heterocycles. The van der Waals surface area contributed by atoms with Gasteiger partial charge in [-0.2, -0.15) is 5.26 Å². The van der Waals surface area contributed by atoms with E-state index in [1.807, 2.05) is 60.7 Å². The smallest absolute Gasteiger partial charge is 0.335 e. The Balaban J connectivity index is 1.41. The van der Waals surface area contributed by atoms with Crippen molar-refractivity contribution in [2.75, 3.05) is 0 Å². The number of carbonyl (C=O) groups excluding carboxylic acids is 1. The summed E-state index contributed by atoms with van der Waals surface area (Å²) >= 11 is 8.44. The van der Waals surface area contributed by atoms with E-state index < -0.39 is 5.97 Å². The quantitative estimate of drug-likeness (QED) is 0.186. The number of benzene rings is 4. The van der Waals surface area contributed by atoms with E-state index in [-0.39, 0.29) is 24.6 Å². The van der Waals surface area contributed by atoms with Crippen LogP contribution in [0.1, 0.15) is 32.6 Å². The molecule has 0 atom stereocenters. The Morgan fingerprint density at radius 1 is 1.00 bits per heavy atom. The lowest BCUT2D eigenvalue weighted by Gasteiger charge is -2.16. The Hall–Kier alpha value is -4.17. The highest BCUT2D eigenvalue weighted by Crippen LogP contribution is 2.39. The van der Waals surface area contributed by atoms with Crippen molar-refractivity contribution in [3.8, 4) is 11.8 Å². The molecule has 1 aliphatic rings. The van der Waals surface area contributed by atoms with Crippen LogP contribution in [0.5, 0.6) is 5.75 Å². The fourth-order valence-electron chi connectivity index (χ4n) is 4.14. The second-order valence-electron chi connectivity index (χ2n) is 9.11. The van der Waals surface area contributed by atoms with Gasteiger partial charge in [0.1, 0.15) is 12.4 Å². The minimum absolute atomic E-state index is 0.178. The molecular formula is C32H21Br2N3O4S. The van der Waals surface area contributed by atoms with Crippen LogP contribution in [0.4, 0.5) is 5.69 Å². The zero-order valence-electron chi connectivity index (χ0n) is 21.8. The molecule has 4 aromatic rings. The number of halogens is 2. The van der Waals surface area contributed by atoms with E-state index >= 15 is 0 Å². The number of nitriles is 1. The average molecular weight is 703 g/mol. The molecule has 0 saturated carbocycles. The number of hydrogen-bond donors (Lipinski definition) is 1. The molecule has 0 unspecified atom stereocenters. The van der Waals surface area contributed by atoms with Gasteiger partial charge in [0.2, 0.25) is 0 Å². The second kappa shape index (κ2) is 13.2. The number of thioether (sulfide) groups is 1. The Morgan fingerprint density at radius 2 is 1.67 bits per heavy atom. The van der Waals surface area contributed by atoms with Crippen LogP contribution < -0.4 is 4.74 Å². The van der Waals surface area contributed by atoms with Crippen LogP contribution in [0.2, 0.25) is 0 Å². The van der Waals surface area contributed by atoms with Gasteiger partial charge in [0, 0.05) is 5.56 Å². The van der Waals surface area contributed by atoms with Gasteiger partial charge in [-0.3, -0.25) is 9.69 Å². The first-order chi connectivity index (χ1) is 20.3. The Bertz CT molecular complexity index is 1740. The number of carboxylic acid groups (broad SMARTS) is 1. The van der Waals surface area contributed by atoms with E-state index in [0.29, 0.717) is 36.0 Å². The topological polar surface area (TPSA) is 103 Å². The van der Waals surface area contributed by atoms with E-state index in [0.717, 1.165) is 16.7 Å². The fourth-order valence-corrected chi connectivity index (χ4v) is 6.59. The number of nitrogens with zero attached hydrogens (tertiary/aromatic N) is 3. The van der Waals surface area contributed by atoms with Gasteiger partial charge in [0.25, 0.3) is 5.91 Å². The van der Waals surface area contributed by atoms with E-state index in [1.54, 1.807) is 29.2 Å². The summed E-state index contributed by atoms with van der Waals surface area (Å²) in [5, 5.41) is 19.1. The number of carbonyl (C=O) groups is 2. The van der Waals surface area contributed by atoms with Gasteiger partial charge in [-0.05, 0) is 103 Å². The highest BCUT2D eigenvalue weighted by molar-refractivity contribution is 9.11. The normalized spacial score (nSPS) is 14.8. The van der Waals surface area contributed by atoms with Gasteiger partial charge in [-0.25, -0.2) is 9.79 Å². The van der Waals surface area contributed by atoms with E-state index in [1.165, 1.54) is 23.9 Å². The monoisotopic (exact) mass is 701 g/mol. The summed E-state index contributed by atoms with van der Waals surface area (Å²) in [6, 6.07) is 29.0. The number of hydrogen-bond acceptors (Lipinski definition) is 6. The first kappa shape index (κ1) is 29.3. The lowest BCUT2D eigenvalue weighted by atomic mass is 10.1. The fraction of sp³-hybridized carbons (Fsp3) is 0.0625. The van der Waals surface area contributed by atoms with Crippen LogP contribution in [0.25, 0.3) is 6.08 Å². The third kappa shape index (κ3) is 6.82. The molecule has 1 heterocycles. The van der Waals surface area contributed by atoms with Crippen molar-refractivity contribution in [3.05, 3.63) is 133 Å². The predicted molar refractivity (Wildman–Crippen MR) is 170 cm³/mol. The minimum atomic E-state index is -1.01. The van der Waals surface area contributed by atoms with Crippen molar-refractivity contribution in [1.29, 1.82) is 5.26 Å². The maximum absolute atomic E-state index is 13.6. The maximum Gasteiger partial charge on any atom is 0.335 e. The van der Waals surface area contributed by atoms with Crippen molar-refractivity contribution in [3.63, 3.8) is 0 Å². The molecule has 10 heteroatoms. The molecule has 0 bridgehead atoms. The Labute approximate surface area is 263 Å². The zero-order valence-corrected chi connectivity index (χ0v) is 25.8. The van der Waals surface area contributed by atoms with E-state index in [2.05, 4.69) is 37.9 Å². The zero-order chi connectivity index (χ0) is 29.6. The molecule has 1 fully saturated rings. The lowest BCUT2D eigenvalue weighted by Crippen LogP contribution is -2.28. The molecule has 42 heavy (non-hydrogen) atoms. The van der Waals surface area contributed by atoms with Gasteiger partial charge in [-0.1, -0.05) is 48.5 Å². The highest BCUT2D eigenvalue weighted by Gasteiger charge is 2.33. The number of aliphatic imine (C=N–C) groups is 1. The van der Waals surface area contributed by atoms with Gasteiger partial charge in [-0.15, -0.1) is 0 Å². The molecule has 1 amide bonds. The standard InChI is InChI=1S/C32H21Br2N3O4S/c33-26-14-21(15-27(34)29(26)41-19-24-7-5-4-6-23(24)17-35)16-28-30(38)37(18-20-10-12-22(13-11-20)31(39)40)32(42-28)36-25-8-2-1-3-9-25/h1-16H,18-19H2,(H,39,40)/b28-16-,36-32?. The van der Waals surface area contributed by atoms with Crippen molar-refractivity contribution in [2.45, 2.75) is 13.2 Å². The summed E-state index contributed by atoms with van der Waals surface area (Å²) < 4.78 is 7.40. The van der Waals surface area contributed by atoms with Crippen molar-refractivity contribution < 1.29 is 19.4 Å². The Kier molecular flexibility index (Phi) is 9.22. The Morgan fingerprint density at radius 3 is 2.33 bits per heavy atom. The lowest BCUT2D eigenvalue weighted by molar-refractivity contribution is -0.122. The molecule has 5 rings (SSSR count). The number of carboxylic acids is 1. The van der Waals surface area contributed by atoms with Gasteiger partial charge < -0.3 is 9.84 Å². The molecule has 0 aliphatic carbocycles. The van der Waals surface area contributed by atoms with Crippen molar-refractivity contribution in [2.24, 2.45) is 4.99 Å². The molecule has 0 spiro atoms. The molecule has 4 aromatic carbocycles. The number of aromatic carboxylic acids is 1. The number of rotatable bonds is 8.